The van der Waals surface area contributed by atoms with Gasteiger partial charge in [-0.1, -0.05) is 19.1 Å². The summed E-state index contributed by atoms with van der Waals surface area (Å²) < 4.78 is 5.20. The van der Waals surface area contributed by atoms with Crippen LogP contribution in [0.2, 0.25) is 0 Å². The average Bonchev–Trinajstić information content (AvgIpc) is 2.78. The highest BCUT2D eigenvalue weighted by Gasteiger charge is 2.47. The molecule has 1 fully saturated rings. The third kappa shape index (κ3) is 3.76. The van der Waals surface area contributed by atoms with Crippen molar-refractivity contribution >= 4 is 23.6 Å². The summed E-state index contributed by atoms with van der Waals surface area (Å²) in [5, 5.41) is 13.3. The zero-order valence-corrected chi connectivity index (χ0v) is 14.1. The van der Waals surface area contributed by atoms with Crippen molar-refractivity contribution in [2.24, 2.45) is 0 Å². The molecule has 2 rings (SSSR count). The van der Waals surface area contributed by atoms with Crippen LogP contribution >= 0.6 is 0 Å². The predicted molar refractivity (Wildman–Crippen MR) is 86.5 cm³/mol. The van der Waals surface area contributed by atoms with Crippen LogP contribution in [0.4, 0.5) is 10.5 Å². The predicted octanol–water partition coefficient (Wildman–Crippen LogP) is 1.92. The van der Waals surface area contributed by atoms with Crippen molar-refractivity contribution in [3.05, 3.63) is 39.9 Å². The Hall–Kier alpha value is -2.97. The van der Waals surface area contributed by atoms with Crippen molar-refractivity contribution in [3.8, 4) is 0 Å². The zero-order valence-electron chi connectivity index (χ0n) is 14.1. The van der Waals surface area contributed by atoms with E-state index in [2.05, 4.69) is 5.32 Å². The number of carbonyl (C=O) groups is 3. The maximum atomic E-state index is 12.2. The van der Waals surface area contributed by atoms with Crippen molar-refractivity contribution in [3.63, 3.8) is 0 Å². The van der Waals surface area contributed by atoms with Gasteiger partial charge < -0.3 is 10.1 Å². The van der Waals surface area contributed by atoms with Gasteiger partial charge in [0.15, 0.2) is 0 Å². The molecule has 3 amide bonds. The van der Waals surface area contributed by atoms with Crippen LogP contribution in [0.5, 0.6) is 0 Å². The number of nitrogens with one attached hydrogen (secondary N) is 1. The number of benzene rings is 1. The van der Waals surface area contributed by atoms with Crippen LogP contribution in [0.25, 0.3) is 0 Å². The van der Waals surface area contributed by atoms with Crippen molar-refractivity contribution in [2.45, 2.75) is 38.8 Å². The molecule has 0 aliphatic carbocycles. The number of imide groups is 1. The number of amides is 3. The number of nitro benzene ring substituents is 1. The topological polar surface area (TPSA) is 119 Å². The van der Waals surface area contributed by atoms with Gasteiger partial charge in [0.2, 0.25) is 0 Å². The van der Waals surface area contributed by atoms with E-state index < -0.39 is 41.0 Å². The first kappa shape index (κ1) is 18.4. The molecule has 1 aromatic rings. The van der Waals surface area contributed by atoms with Gasteiger partial charge in [-0.15, -0.1) is 0 Å². The highest BCUT2D eigenvalue weighted by Crippen LogP contribution is 2.23. The number of hydrogen-bond acceptors (Lipinski definition) is 6. The molecule has 0 aromatic heterocycles. The lowest BCUT2D eigenvalue weighted by Crippen LogP contribution is -2.43. The van der Waals surface area contributed by atoms with E-state index >= 15 is 0 Å². The summed E-state index contributed by atoms with van der Waals surface area (Å²) >= 11 is 0. The van der Waals surface area contributed by atoms with Gasteiger partial charge in [0.05, 0.1) is 4.92 Å². The summed E-state index contributed by atoms with van der Waals surface area (Å²) in [5.74, 6) is -1.26. The van der Waals surface area contributed by atoms with E-state index in [9.17, 15) is 24.5 Å². The molecule has 1 N–H and O–H groups in total. The fourth-order valence-corrected chi connectivity index (χ4v) is 2.45. The lowest BCUT2D eigenvalue weighted by atomic mass is 9.99. The molecule has 1 saturated heterocycles. The summed E-state index contributed by atoms with van der Waals surface area (Å²) in [5.41, 5.74) is -0.699. The van der Waals surface area contributed by atoms with E-state index in [-0.39, 0.29) is 5.69 Å². The van der Waals surface area contributed by atoms with Gasteiger partial charge in [-0.05, 0) is 25.8 Å². The van der Waals surface area contributed by atoms with Crippen molar-refractivity contribution < 1.29 is 24.0 Å². The SMILES string of the molecule is CC[C@@]1(C)NC(=O)N(CC(=O)O[C@H](C)c2cccc([N+](=O)[O-])c2)C1=O. The molecule has 0 saturated carbocycles. The number of nitro groups is 1. The number of rotatable bonds is 6. The van der Waals surface area contributed by atoms with E-state index in [4.69, 9.17) is 4.74 Å². The van der Waals surface area contributed by atoms with Gasteiger partial charge in [-0.2, -0.15) is 0 Å². The van der Waals surface area contributed by atoms with Gasteiger partial charge in [-0.25, -0.2) is 4.79 Å². The van der Waals surface area contributed by atoms with Crippen LogP contribution in [0.3, 0.4) is 0 Å². The summed E-state index contributed by atoms with van der Waals surface area (Å²) in [6.45, 7) is 4.38. The molecular weight excluding hydrogens is 330 g/mol. The Balaban J connectivity index is 2.03. The number of carbonyl (C=O) groups excluding carboxylic acids is 3. The van der Waals surface area contributed by atoms with Gasteiger partial charge in [-0.3, -0.25) is 24.6 Å². The minimum absolute atomic E-state index is 0.117. The molecule has 0 bridgehead atoms. The monoisotopic (exact) mass is 349 g/mol. The third-order valence-electron chi connectivity index (χ3n) is 4.20. The maximum absolute atomic E-state index is 12.2. The Kier molecular flexibility index (Phi) is 5.05. The molecule has 1 aliphatic heterocycles. The molecule has 134 valence electrons. The largest absolute Gasteiger partial charge is 0.456 e. The number of esters is 1. The Bertz CT molecular complexity index is 734. The molecule has 0 spiro atoms. The first-order chi connectivity index (χ1) is 11.7. The Morgan fingerprint density at radius 3 is 2.68 bits per heavy atom. The fourth-order valence-electron chi connectivity index (χ4n) is 2.45. The Morgan fingerprint density at radius 1 is 1.44 bits per heavy atom. The second-order valence-corrected chi connectivity index (χ2v) is 5.99. The number of ether oxygens (including phenoxy) is 1. The van der Waals surface area contributed by atoms with Gasteiger partial charge in [0.1, 0.15) is 18.2 Å². The Morgan fingerprint density at radius 2 is 2.12 bits per heavy atom. The lowest BCUT2D eigenvalue weighted by molar-refractivity contribution is -0.385. The van der Waals surface area contributed by atoms with Gasteiger partial charge in [0.25, 0.3) is 11.6 Å². The molecular formula is C16H19N3O6. The Labute approximate surface area is 144 Å². The maximum Gasteiger partial charge on any atom is 0.326 e. The zero-order chi connectivity index (χ0) is 18.8. The van der Waals surface area contributed by atoms with Crippen LogP contribution in [-0.2, 0) is 14.3 Å². The first-order valence-electron chi connectivity index (χ1n) is 7.76. The van der Waals surface area contributed by atoms with Crippen LogP contribution in [0.15, 0.2) is 24.3 Å². The van der Waals surface area contributed by atoms with E-state index in [0.29, 0.717) is 12.0 Å². The molecule has 0 unspecified atom stereocenters. The van der Waals surface area contributed by atoms with E-state index in [1.165, 1.54) is 18.2 Å². The van der Waals surface area contributed by atoms with Crippen molar-refractivity contribution in [2.75, 3.05) is 6.54 Å². The molecule has 0 radical (unpaired) electrons. The lowest BCUT2D eigenvalue weighted by Gasteiger charge is -2.19. The second-order valence-electron chi connectivity index (χ2n) is 5.99. The standard InChI is InChI=1S/C16H19N3O6/c1-4-16(3)14(21)18(15(22)17-16)9-13(20)25-10(2)11-6-5-7-12(8-11)19(23)24/h5-8,10H,4,9H2,1-3H3,(H,17,22)/t10-,16-/m1/s1. The number of nitrogens with zero attached hydrogens (tertiary/aromatic N) is 2. The van der Waals surface area contributed by atoms with E-state index in [1.807, 2.05) is 0 Å². The quantitative estimate of drug-likeness (QED) is 0.363. The average molecular weight is 349 g/mol. The molecule has 2 atom stereocenters. The third-order valence-corrected chi connectivity index (χ3v) is 4.20. The number of urea groups is 1. The molecule has 25 heavy (non-hydrogen) atoms. The summed E-state index contributed by atoms with van der Waals surface area (Å²) in [6.07, 6.45) is -0.363. The van der Waals surface area contributed by atoms with E-state index in [0.717, 1.165) is 4.90 Å². The molecule has 1 heterocycles. The van der Waals surface area contributed by atoms with Gasteiger partial charge >= 0.3 is 12.0 Å². The minimum atomic E-state index is -1.02. The van der Waals surface area contributed by atoms with Crippen molar-refractivity contribution in [1.29, 1.82) is 0 Å². The molecule has 9 nitrogen and oxygen atoms in total. The summed E-state index contributed by atoms with van der Waals surface area (Å²) in [6, 6.07) is 5.07. The molecule has 1 aliphatic rings. The molecule has 9 heteroatoms. The van der Waals surface area contributed by atoms with E-state index in [1.54, 1.807) is 26.8 Å². The summed E-state index contributed by atoms with van der Waals surface area (Å²) in [7, 11) is 0. The van der Waals surface area contributed by atoms with Crippen molar-refractivity contribution in [1.82, 2.24) is 10.2 Å². The number of hydrogen-bond donors (Lipinski definition) is 1. The fraction of sp³-hybridized carbons (Fsp3) is 0.438. The van der Waals surface area contributed by atoms with Crippen LogP contribution in [0.1, 0.15) is 38.9 Å². The minimum Gasteiger partial charge on any atom is -0.456 e. The molecule has 1 aromatic carbocycles. The second kappa shape index (κ2) is 6.88. The smallest absolute Gasteiger partial charge is 0.326 e. The highest BCUT2D eigenvalue weighted by atomic mass is 16.6. The van der Waals surface area contributed by atoms with Crippen LogP contribution in [-0.4, -0.2) is 39.8 Å². The highest BCUT2D eigenvalue weighted by molar-refractivity contribution is 6.08. The number of non-ortho nitro benzene ring substituents is 1. The van der Waals surface area contributed by atoms with Crippen LogP contribution in [0, 0.1) is 10.1 Å². The van der Waals surface area contributed by atoms with Crippen LogP contribution < -0.4 is 5.32 Å². The normalized spacial score (nSPS) is 21.0. The summed E-state index contributed by atoms with van der Waals surface area (Å²) in [4.78, 5) is 47.2. The van der Waals surface area contributed by atoms with Gasteiger partial charge in [0, 0.05) is 12.1 Å². The first-order valence-corrected chi connectivity index (χ1v) is 7.76.